The maximum atomic E-state index is 11.2. The van der Waals surface area contributed by atoms with Crippen LogP contribution in [0.15, 0.2) is 0 Å². The van der Waals surface area contributed by atoms with Crippen molar-refractivity contribution in [2.24, 2.45) is 17.6 Å². The van der Waals surface area contributed by atoms with Crippen molar-refractivity contribution in [3.05, 3.63) is 0 Å². The summed E-state index contributed by atoms with van der Waals surface area (Å²) in [7, 11) is 0. The number of nitrogens with two attached hydrogens (primary N) is 1. The van der Waals surface area contributed by atoms with E-state index in [-0.39, 0.29) is 23.8 Å². The highest BCUT2D eigenvalue weighted by atomic mass is 16.1. The Kier molecular flexibility index (Phi) is 3.69. The van der Waals surface area contributed by atoms with Crippen LogP contribution < -0.4 is 16.4 Å². The maximum Gasteiger partial charge on any atom is 0.222 e. The minimum Gasteiger partial charge on any atom is -0.369 e. The fourth-order valence-corrected chi connectivity index (χ4v) is 1.83. The van der Waals surface area contributed by atoms with Crippen molar-refractivity contribution < 1.29 is 4.79 Å². The second-order valence-corrected chi connectivity index (χ2v) is 3.85. The summed E-state index contributed by atoms with van der Waals surface area (Å²) in [5.74, 6) is -0.0774. The van der Waals surface area contributed by atoms with E-state index in [1.54, 1.807) is 0 Å². The second-order valence-electron chi connectivity index (χ2n) is 3.85. The highest BCUT2D eigenvalue weighted by Gasteiger charge is 2.30. The summed E-state index contributed by atoms with van der Waals surface area (Å²) in [6, 6.07) is 0.0752. The van der Waals surface area contributed by atoms with Crippen LogP contribution in [-0.2, 0) is 4.79 Å². The van der Waals surface area contributed by atoms with E-state index in [4.69, 9.17) is 5.73 Å². The first kappa shape index (κ1) is 10.5. The van der Waals surface area contributed by atoms with E-state index in [1.807, 2.05) is 13.8 Å². The summed E-state index contributed by atoms with van der Waals surface area (Å²) in [5.41, 5.74) is 5.34. The molecule has 4 heteroatoms. The Hall–Kier alpha value is -0.610. The van der Waals surface area contributed by atoms with Crippen molar-refractivity contribution in [2.45, 2.75) is 19.9 Å². The molecule has 0 aromatic heterocycles. The van der Waals surface area contributed by atoms with Crippen molar-refractivity contribution in [1.82, 2.24) is 10.6 Å². The smallest absolute Gasteiger partial charge is 0.222 e. The van der Waals surface area contributed by atoms with Crippen LogP contribution in [0.3, 0.4) is 0 Å². The zero-order chi connectivity index (χ0) is 9.84. The van der Waals surface area contributed by atoms with Crippen molar-refractivity contribution in [3.63, 3.8) is 0 Å². The third-order valence-corrected chi connectivity index (χ3v) is 2.47. The van der Waals surface area contributed by atoms with Crippen molar-refractivity contribution >= 4 is 5.91 Å². The first-order valence-electron chi connectivity index (χ1n) is 4.79. The van der Waals surface area contributed by atoms with E-state index in [0.29, 0.717) is 0 Å². The number of rotatable bonds is 3. The minimum absolute atomic E-state index is 0.0752. The molecule has 75 valence electrons. The van der Waals surface area contributed by atoms with E-state index >= 15 is 0 Å². The molecule has 1 heterocycles. The fraction of sp³-hybridized carbons (Fsp3) is 0.889. The van der Waals surface area contributed by atoms with Gasteiger partial charge in [-0.05, 0) is 5.92 Å². The molecule has 1 rings (SSSR count). The summed E-state index contributed by atoms with van der Waals surface area (Å²) in [6.07, 6.45) is 0. The van der Waals surface area contributed by atoms with Crippen LogP contribution in [0.5, 0.6) is 0 Å². The van der Waals surface area contributed by atoms with Gasteiger partial charge in [0.15, 0.2) is 0 Å². The van der Waals surface area contributed by atoms with E-state index < -0.39 is 0 Å². The zero-order valence-corrected chi connectivity index (χ0v) is 8.29. The first-order chi connectivity index (χ1) is 6.13. The molecule has 1 radical (unpaired) electrons. The lowest BCUT2D eigenvalue weighted by molar-refractivity contribution is -0.124. The molecule has 0 aromatic carbocycles. The molecule has 1 aliphatic rings. The average Bonchev–Trinajstić information content (AvgIpc) is 2.04. The summed E-state index contributed by atoms with van der Waals surface area (Å²) in [5, 5.41) is 7.63. The highest BCUT2D eigenvalue weighted by Crippen LogP contribution is 2.16. The number of carbonyl (C=O) groups is 1. The van der Waals surface area contributed by atoms with Gasteiger partial charge in [-0.3, -0.25) is 4.79 Å². The summed E-state index contributed by atoms with van der Waals surface area (Å²) < 4.78 is 0. The number of piperazine rings is 1. The van der Waals surface area contributed by atoms with E-state index in [2.05, 4.69) is 10.6 Å². The van der Waals surface area contributed by atoms with Crippen LogP contribution in [0.2, 0.25) is 0 Å². The number of nitrogens with one attached hydrogen (secondary N) is 1. The monoisotopic (exact) mass is 184 g/mol. The lowest BCUT2D eigenvalue weighted by Crippen LogP contribution is -2.52. The molecular weight excluding hydrogens is 166 g/mol. The third kappa shape index (κ3) is 2.67. The molecule has 0 bridgehead atoms. The predicted octanol–water partition coefficient (Wildman–Crippen LogP) is -0.680. The first-order valence-corrected chi connectivity index (χ1v) is 4.79. The predicted molar refractivity (Wildman–Crippen MR) is 51.2 cm³/mol. The van der Waals surface area contributed by atoms with Gasteiger partial charge in [0.25, 0.3) is 0 Å². The van der Waals surface area contributed by atoms with Gasteiger partial charge in [-0.2, -0.15) is 0 Å². The molecule has 3 N–H and O–H groups in total. The van der Waals surface area contributed by atoms with Crippen molar-refractivity contribution in [1.29, 1.82) is 0 Å². The fourth-order valence-electron chi connectivity index (χ4n) is 1.83. The van der Waals surface area contributed by atoms with Gasteiger partial charge in [-0.1, -0.05) is 13.8 Å². The molecule has 0 aliphatic carbocycles. The molecule has 4 nitrogen and oxygen atoms in total. The Morgan fingerprint density at radius 3 is 2.69 bits per heavy atom. The summed E-state index contributed by atoms with van der Waals surface area (Å²) in [4.78, 5) is 11.2. The number of hydrogen-bond donors (Lipinski definition) is 2. The molecule has 1 fully saturated rings. The van der Waals surface area contributed by atoms with Crippen LogP contribution >= 0.6 is 0 Å². The number of hydrogen-bond acceptors (Lipinski definition) is 2. The van der Waals surface area contributed by atoms with E-state index in [1.165, 1.54) is 0 Å². The summed E-state index contributed by atoms with van der Waals surface area (Å²) in [6.45, 7) is 6.52. The molecular formula is C9H18N3O. The third-order valence-electron chi connectivity index (χ3n) is 2.47. The standard InChI is InChI=1S/C9H18N3O/c1-6(2)8(9(10)13)7-5-11-3-4-12-7/h6-8,11H,3-5H2,1-2H3,(H2,10,13). The lowest BCUT2D eigenvalue weighted by atomic mass is 9.87. The number of carbonyl (C=O) groups excluding carboxylic acids is 1. The van der Waals surface area contributed by atoms with Gasteiger partial charge in [0, 0.05) is 25.7 Å². The van der Waals surface area contributed by atoms with Crippen molar-refractivity contribution in [3.8, 4) is 0 Å². The van der Waals surface area contributed by atoms with Crippen LogP contribution in [0.4, 0.5) is 0 Å². The van der Waals surface area contributed by atoms with Gasteiger partial charge >= 0.3 is 0 Å². The second kappa shape index (κ2) is 4.58. The topological polar surface area (TPSA) is 69.2 Å². The molecule has 1 saturated heterocycles. The number of amides is 1. The molecule has 0 saturated carbocycles. The van der Waals surface area contributed by atoms with Gasteiger partial charge in [-0.25, -0.2) is 5.32 Å². The number of nitrogens with zero attached hydrogens (tertiary/aromatic N) is 1. The quantitative estimate of drug-likeness (QED) is 0.610. The van der Waals surface area contributed by atoms with E-state index in [9.17, 15) is 4.79 Å². The Morgan fingerprint density at radius 2 is 2.31 bits per heavy atom. The summed E-state index contributed by atoms with van der Waals surface area (Å²) >= 11 is 0. The van der Waals surface area contributed by atoms with Crippen LogP contribution in [0, 0.1) is 11.8 Å². The molecule has 2 atom stereocenters. The minimum atomic E-state index is -0.229. The Balaban J connectivity index is 2.57. The molecule has 13 heavy (non-hydrogen) atoms. The molecule has 0 aromatic rings. The van der Waals surface area contributed by atoms with Crippen molar-refractivity contribution in [2.75, 3.05) is 19.6 Å². The van der Waals surface area contributed by atoms with Crippen LogP contribution in [-0.4, -0.2) is 31.6 Å². The normalized spacial score (nSPS) is 25.9. The average molecular weight is 184 g/mol. The van der Waals surface area contributed by atoms with Gasteiger partial charge in [-0.15, -0.1) is 0 Å². The maximum absolute atomic E-state index is 11.2. The Labute approximate surface area is 79.3 Å². The van der Waals surface area contributed by atoms with Gasteiger partial charge in [0.1, 0.15) is 0 Å². The van der Waals surface area contributed by atoms with Crippen LogP contribution in [0.1, 0.15) is 13.8 Å². The molecule has 1 aliphatic heterocycles. The molecule has 0 spiro atoms. The SMILES string of the molecule is CC(C)C(C(N)=O)C1CNCC[N]1. The number of primary amides is 1. The van der Waals surface area contributed by atoms with E-state index in [0.717, 1.165) is 19.6 Å². The Morgan fingerprint density at radius 1 is 1.62 bits per heavy atom. The largest absolute Gasteiger partial charge is 0.369 e. The van der Waals surface area contributed by atoms with Gasteiger partial charge < -0.3 is 11.1 Å². The van der Waals surface area contributed by atoms with Crippen LogP contribution in [0.25, 0.3) is 0 Å². The Bertz CT molecular complexity index is 176. The zero-order valence-electron chi connectivity index (χ0n) is 8.29. The highest BCUT2D eigenvalue weighted by molar-refractivity contribution is 5.77. The lowest BCUT2D eigenvalue weighted by Gasteiger charge is -2.30. The molecule has 1 amide bonds. The van der Waals surface area contributed by atoms with Gasteiger partial charge in [0.2, 0.25) is 5.91 Å². The van der Waals surface area contributed by atoms with Gasteiger partial charge in [0.05, 0.1) is 5.92 Å². The molecule has 2 unspecified atom stereocenters.